The largest absolute Gasteiger partial charge is 0.497 e. The van der Waals surface area contributed by atoms with Gasteiger partial charge in [0.25, 0.3) is 5.91 Å². The molecule has 50 heavy (non-hydrogen) atoms. The van der Waals surface area contributed by atoms with Crippen molar-refractivity contribution in [3.05, 3.63) is 53.1 Å². The lowest BCUT2D eigenvalue weighted by Crippen LogP contribution is -2.84. The zero-order chi connectivity index (χ0) is 34.8. The van der Waals surface area contributed by atoms with Gasteiger partial charge in [-0.05, 0) is 85.9 Å². The smallest absolute Gasteiger partial charge is 0.390 e. The highest BCUT2D eigenvalue weighted by Crippen LogP contribution is 2.68. The minimum absolute atomic E-state index is 0.0283. The van der Waals surface area contributed by atoms with Crippen LogP contribution in [0.15, 0.2) is 36.4 Å². The van der Waals surface area contributed by atoms with Gasteiger partial charge in [-0.1, -0.05) is 25.3 Å². The van der Waals surface area contributed by atoms with Crippen LogP contribution in [-0.2, 0) is 26.1 Å². The van der Waals surface area contributed by atoms with Crippen LogP contribution in [0.25, 0.3) is 22.2 Å². The number of carbonyl (C=O) groups is 2. The summed E-state index contributed by atoms with van der Waals surface area (Å²) in [7, 11) is -2.90. The number of likely N-dealkylation sites (tertiary alicyclic amines) is 1. The van der Waals surface area contributed by atoms with Gasteiger partial charge in [0.2, 0.25) is 15.9 Å². The molecule has 5 atom stereocenters. The predicted molar refractivity (Wildman–Crippen MR) is 178 cm³/mol. The van der Waals surface area contributed by atoms with Crippen molar-refractivity contribution >= 4 is 32.7 Å². The summed E-state index contributed by atoms with van der Waals surface area (Å²) in [5.41, 5.74) is 4.14. The summed E-state index contributed by atoms with van der Waals surface area (Å²) >= 11 is 0. The monoisotopic (exact) mass is 711 g/mol. The fourth-order valence-corrected chi connectivity index (χ4v) is 11.2. The lowest BCUT2D eigenvalue weighted by molar-refractivity contribution is -0.306. The molecule has 1 aromatic heterocycles. The number of morpholine rings is 1. The van der Waals surface area contributed by atoms with E-state index in [-0.39, 0.29) is 41.0 Å². The van der Waals surface area contributed by atoms with Crippen molar-refractivity contribution in [3.8, 4) is 17.0 Å². The van der Waals surface area contributed by atoms with Gasteiger partial charge in [0.1, 0.15) is 11.4 Å². The fraction of sp³-hybridized carbons (Fsp3) is 0.568. The number of alkyl halides is 3. The van der Waals surface area contributed by atoms with E-state index in [4.69, 9.17) is 9.47 Å². The SMILES string of the molecule is COc1ccc2c(c1)C1CC1(C(=O)N1C3CCCC34OCC14)Cn1c-2c(C2CCCCC2)c2ccc(C(=O)NS(=O)(=O)CCC(F)(F)F)cc21. The number of methoxy groups -OCH3 is 1. The highest BCUT2D eigenvalue weighted by Gasteiger charge is 2.75. The lowest BCUT2D eigenvalue weighted by Gasteiger charge is -2.67. The van der Waals surface area contributed by atoms with Gasteiger partial charge in [-0.3, -0.25) is 9.59 Å². The molecular formula is C37H40F3N3O6S. The second kappa shape index (κ2) is 11.0. The normalized spacial score (nSPS) is 29.8. The molecule has 0 bridgehead atoms. The Bertz CT molecular complexity index is 2060. The molecule has 3 saturated carbocycles. The van der Waals surface area contributed by atoms with Gasteiger partial charge >= 0.3 is 6.18 Å². The number of nitrogens with one attached hydrogen (secondary N) is 1. The third-order valence-corrected chi connectivity index (χ3v) is 13.9. The summed E-state index contributed by atoms with van der Waals surface area (Å²) < 4.78 is 79.2. The molecule has 3 aliphatic carbocycles. The summed E-state index contributed by atoms with van der Waals surface area (Å²) in [5, 5.41) is 0.943. The Morgan fingerprint density at radius 3 is 2.56 bits per heavy atom. The van der Waals surface area contributed by atoms with Crippen LogP contribution in [0, 0.1) is 5.41 Å². The van der Waals surface area contributed by atoms with Crippen LogP contribution in [0.5, 0.6) is 5.75 Å². The Hall–Kier alpha value is -3.58. The van der Waals surface area contributed by atoms with E-state index in [1.165, 1.54) is 5.56 Å². The molecule has 0 radical (unpaired) electrons. The van der Waals surface area contributed by atoms with Crippen LogP contribution < -0.4 is 9.46 Å². The molecule has 1 N–H and O–H groups in total. The first-order valence-electron chi connectivity index (χ1n) is 17.8. The average Bonchev–Trinajstić information content (AvgIpc) is 3.55. The van der Waals surface area contributed by atoms with Crippen molar-refractivity contribution in [3.63, 3.8) is 0 Å². The number of ether oxygens (including phenoxy) is 2. The standard InChI is InChI=1S/C37H40F3N3O6S/c1-48-23-10-12-24-26(17-23)27-18-35(27,34(45)43-29-8-5-13-36(29)30(43)19-49-36)20-42-28-16-22(33(44)41-50(46,47)15-14-37(38,39)40)9-11-25(28)31(32(24)42)21-6-3-2-4-7-21/h9-12,16-17,21,27,29-30H,2-8,13-15,18-20H2,1H3,(H,41,44). The predicted octanol–water partition coefficient (Wildman–Crippen LogP) is 6.40. The first kappa shape index (κ1) is 32.3. The molecule has 3 aromatic rings. The van der Waals surface area contributed by atoms with E-state index in [0.29, 0.717) is 25.1 Å². The van der Waals surface area contributed by atoms with E-state index in [1.807, 2.05) is 16.9 Å². The maximum absolute atomic E-state index is 14.9. The number of nitrogens with zero attached hydrogens (tertiary/aromatic N) is 2. The second-order valence-corrected chi connectivity index (χ2v) is 17.1. The molecule has 13 heteroatoms. The van der Waals surface area contributed by atoms with Crippen molar-refractivity contribution < 1.29 is 40.7 Å². The van der Waals surface area contributed by atoms with Gasteiger partial charge in [-0.15, -0.1) is 0 Å². The zero-order valence-corrected chi connectivity index (χ0v) is 28.7. The Morgan fingerprint density at radius 1 is 1.04 bits per heavy atom. The summed E-state index contributed by atoms with van der Waals surface area (Å²) in [5.74, 6) is -1.14. The molecule has 2 aromatic carbocycles. The molecule has 5 fully saturated rings. The molecule has 2 amide bonds. The third kappa shape index (κ3) is 4.70. The average molecular weight is 712 g/mol. The second-order valence-electron chi connectivity index (χ2n) is 15.3. The van der Waals surface area contributed by atoms with E-state index in [2.05, 4.69) is 21.6 Å². The van der Waals surface area contributed by atoms with Crippen LogP contribution >= 0.6 is 0 Å². The number of hydrogen-bond donors (Lipinski definition) is 1. The summed E-state index contributed by atoms with van der Waals surface area (Å²) in [6.45, 7) is 0.950. The summed E-state index contributed by atoms with van der Waals surface area (Å²) in [4.78, 5) is 30.4. The number of benzene rings is 2. The van der Waals surface area contributed by atoms with Crippen LogP contribution in [0.4, 0.5) is 13.2 Å². The first-order chi connectivity index (χ1) is 23.9. The van der Waals surface area contributed by atoms with E-state index in [9.17, 15) is 31.2 Å². The first-order valence-corrected chi connectivity index (χ1v) is 19.4. The van der Waals surface area contributed by atoms with Crippen molar-refractivity contribution in [2.45, 2.75) is 106 Å². The quantitative estimate of drug-likeness (QED) is 0.304. The van der Waals surface area contributed by atoms with Crippen molar-refractivity contribution in [2.75, 3.05) is 19.5 Å². The molecule has 9 nitrogen and oxygen atoms in total. The minimum atomic E-state index is -4.68. The fourth-order valence-electron chi connectivity index (χ4n) is 10.2. The lowest BCUT2D eigenvalue weighted by atomic mass is 9.72. The van der Waals surface area contributed by atoms with E-state index in [0.717, 1.165) is 79.3 Å². The van der Waals surface area contributed by atoms with E-state index < -0.39 is 39.7 Å². The molecule has 6 aliphatic rings. The maximum atomic E-state index is 14.9. The number of aromatic nitrogens is 1. The molecule has 3 aliphatic heterocycles. The van der Waals surface area contributed by atoms with Gasteiger partial charge in [0, 0.05) is 34.5 Å². The number of carbonyl (C=O) groups excluding carboxylic acids is 2. The minimum Gasteiger partial charge on any atom is -0.497 e. The molecule has 4 heterocycles. The molecule has 2 saturated heterocycles. The Morgan fingerprint density at radius 2 is 1.84 bits per heavy atom. The maximum Gasteiger partial charge on any atom is 0.390 e. The molecular weight excluding hydrogens is 671 g/mol. The van der Waals surface area contributed by atoms with Crippen molar-refractivity contribution in [1.29, 1.82) is 0 Å². The summed E-state index contributed by atoms with van der Waals surface area (Å²) in [6.07, 6.45) is 2.75. The van der Waals surface area contributed by atoms with Crippen molar-refractivity contribution in [2.24, 2.45) is 5.41 Å². The van der Waals surface area contributed by atoms with E-state index >= 15 is 0 Å². The molecule has 266 valence electrons. The summed E-state index contributed by atoms with van der Waals surface area (Å²) in [6, 6.07) is 11.3. The van der Waals surface area contributed by atoms with Gasteiger partial charge in [-0.2, -0.15) is 13.2 Å². The molecule has 5 unspecified atom stereocenters. The van der Waals surface area contributed by atoms with Crippen LogP contribution in [0.2, 0.25) is 0 Å². The third-order valence-electron chi connectivity index (χ3n) is 12.7. The number of halogens is 3. The Kier molecular flexibility index (Phi) is 7.09. The number of fused-ring (bicyclic) bond motifs is 7. The van der Waals surface area contributed by atoms with Crippen LogP contribution in [0.3, 0.4) is 0 Å². The number of hydrogen-bond acceptors (Lipinski definition) is 6. The zero-order valence-electron chi connectivity index (χ0n) is 27.9. The highest BCUT2D eigenvalue weighted by molar-refractivity contribution is 7.90. The number of rotatable bonds is 7. The van der Waals surface area contributed by atoms with Crippen LogP contribution in [0.1, 0.15) is 97.5 Å². The highest BCUT2D eigenvalue weighted by atomic mass is 32.2. The number of amides is 2. The van der Waals surface area contributed by atoms with Gasteiger partial charge in [0.15, 0.2) is 0 Å². The molecule has 1 spiro atoms. The van der Waals surface area contributed by atoms with Gasteiger partial charge in [0.05, 0.1) is 49.1 Å². The van der Waals surface area contributed by atoms with Gasteiger partial charge in [-0.25, -0.2) is 13.1 Å². The van der Waals surface area contributed by atoms with Gasteiger partial charge < -0.3 is 18.9 Å². The van der Waals surface area contributed by atoms with E-state index in [1.54, 1.807) is 19.2 Å². The topological polar surface area (TPSA) is 107 Å². The Balaban J connectivity index is 1.18. The van der Waals surface area contributed by atoms with Crippen LogP contribution in [-0.4, -0.2) is 73.0 Å². The molecule has 9 rings (SSSR count). The Labute approximate surface area is 288 Å². The number of sulfonamides is 1. The van der Waals surface area contributed by atoms with Crippen molar-refractivity contribution in [1.82, 2.24) is 14.2 Å².